The molecule has 1 N–H and O–H groups in total. The van der Waals surface area contributed by atoms with Gasteiger partial charge in [0.15, 0.2) is 5.82 Å². The molecule has 3 heterocycles. The maximum atomic E-state index is 13.4. The maximum Gasteiger partial charge on any atom is 0.273 e. The van der Waals surface area contributed by atoms with Gasteiger partial charge in [-0.1, -0.05) is 12.1 Å². The molecule has 1 aromatic carbocycles. The Hall–Kier alpha value is -3.61. The SMILES string of the molecule is Cc1nc(-c2cccc(F)c2)ncc1C(=O)Nn1ccc2ccncc21. The van der Waals surface area contributed by atoms with E-state index >= 15 is 0 Å². The zero-order valence-corrected chi connectivity index (χ0v) is 13.8. The number of fused-ring (bicyclic) bond motifs is 1. The standard InChI is InChI=1S/C19H14FN5O/c1-12-16(10-22-18(23-12)14-3-2-4-15(20)9-14)19(26)24-25-8-6-13-5-7-21-11-17(13)25/h2-11H,1H3,(H,24,26). The number of hydrogen-bond donors (Lipinski definition) is 1. The van der Waals surface area contributed by atoms with Crippen LogP contribution in [-0.2, 0) is 0 Å². The number of halogens is 1. The van der Waals surface area contributed by atoms with E-state index in [-0.39, 0.29) is 11.7 Å². The van der Waals surface area contributed by atoms with E-state index in [1.165, 1.54) is 18.3 Å². The lowest BCUT2D eigenvalue weighted by Gasteiger charge is -2.10. The Morgan fingerprint density at radius 1 is 1.19 bits per heavy atom. The van der Waals surface area contributed by atoms with Crippen molar-refractivity contribution in [2.24, 2.45) is 0 Å². The predicted molar refractivity (Wildman–Crippen MR) is 95.6 cm³/mol. The van der Waals surface area contributed by atoms with Crippen LogP contribution in [-0.4, -0.2) is 25.5 Å². The fraction of sp³-hybridized carbons (Fsp3) is 0.0526. The average molecular weight is 347 g/mol. The van der Waals surface area contributed by atoms with E-state index in [0.717, 1.165) is 10.9 Å². The third kappa shape index (κ3) is 2.90. The summed E-state index contributed by atoms with van der Waals surface area (Å²) in [6, 6.07) is 9.77. The molecule has 0 radical (unpaired) electrons. The van der Waals surface area contributed by atoms with Crippen LogP contribution in [0.15, 0.2) is 61.2 Å². The summed E-state index contributed by atoms with van der Waals surface area (Å²) in [5.74, 6) is -0.331. The summed E-state index contributed by atoms with van der Waals surface area (Å²) in [6.07, 6.45) is 6.56. The van der Waals surface area contributed by atoms with E-state index in [1.807, 2.05) is 12.1 Å². The number of nitrogens with zero attached hydrogens (tertiary/aromatic N) is 4. The zero-order chi connectivity index (χ0) is 18.1. The molecule has 0 unspecified atom stereocenters. The van der Waals surface area contributed by atoms with Gasteiger partial charge in [-0.2, -0.15) is 0 Å². The summed E-state index contributed by atoms with van der Waals surface area (Å²) in [5, 5.41) is 0.967. The summed E-state index contributed by atoms with van der Waals surface area (Å²) < 4.78 is 15.0. The Bertz CT molecular complexity index is 1120. The van der Waals surface area contributed by atoms with Crippen molar-refractivity contribution >= 4 is 16.8 Å². The number of amides is 1. The minimum atomic E-state index is -0.362. The highest BCUT2D eigenvalue weighted by molar-refractivity contribution is 6.01. The second-order valence-electron chi connectivity index (χ2n) is 5.76. The van der Waals surface area contributed by atoms with E-state index in [1.54, 1.807) is 42.3 Å². The first-order valence-electron chi connectivity index (χ1n) is 7.94. The van der Waals surface area contributed by atoms with Crippen LogP contribution < -0.4 is 5.43 Å². The van der Waals surface area contributed by atoms with Crippen LogP contribution in [0.1, 0.15) is 16.1 Å². The number of carbonyl (C=O) groups is 1. The smallest absolute Gasteiger partial charge is 0.267 e. The molecule has 0 aliphatic heterocycles. The van der Waals surface area contributed by atoms with Crippen LogP contribution in [0.2, 0.25) is 0 Å². The largest absolute Gasteiger partial charge is 0.273 e. The topological polar surface area (TPSA) is 72.7 Å². The lowest BCUT2D eigenvalue weighted by molar-refractivity contribution is 0.101. The van der Waals surface area contributed by atoms with Crippen LogP contribution >= 0.6 is 0 Å². The van der Waals surface area contributed by atoms with Crippen molar-refractivity contribution in [1.82, 2.24) is 19.6 Å². The van der Waals surface area contributed by atoms with Crippen LogP contribution in [0.5, 0.6) is 0 Å². The molecule has 1 amide bonds. The van der Waals surface area contributed by atoms with Gasteiger partial charge < -0.3 is 0 Å². The van der Waals surface area contributed by atoms with Gasteiger partial charge in [-0.3, -0.25) is 19.9 Å². The highest BCUT2D eigenvalue weighted by Gasteiger charge is 2.14. The van der Waals surface area contributed by atoms with Crippen molar-refractivity contribution in [3.8, 4) is 11.4 Å². The van der Waals surface area contributed by atoms with E-state index < -0.39 is 0 Å². The third-order valence-electron chi connectivity index (χ3n) is 4.02. The van der Waals surface area contributed by atoms with E-state index in [9.17, 15) is 9.18 Å². The lowest BCUT2D eigenvalue weighted by Crippen LogP contribution is -2.23. The summed E-state index contributed by atoms with van der Waals surface area (Å²) in [4.78, 5) is 25.2. The summed E-state index contributed by atoms with van der Waals surface area (Å²) >= 11 is 0. The minimum absolute atomic E-state index is 0.338. The van der Waals surface area contributed by atoms with Crippen LogP contribution in [0.3, 0.4) is 0 Å². The molecule has 3 aromatic heterocycles. The molecule has 0 bridgehead atoms. The average Bonchev–Trinajstić information content (AvgIpc) is 3.04. The van der Waals surface area contributed by atoms with Gasteiger partial charge in [-0.15, -0.1) is 0 Å². The molecular formula is C19H14FN5O. The van der Waals surface area contributed by atoms with Crippen molar-refractivity contribution in [3.63, 3.8) is 0 Å². The number of aromatic nitrogens is 4. The fourth-order valence-electron chi connectivity index (χ4n) is 2.70. The van der Waals surface area contributed by atoms with Gasteiger partial charge in [0, 0.05) is 29.5 Å². The van der Waals surface area contributed by atoms with Gasteiger partial charge in [0.2, 0.25) is 0 Å². The fourth-order valence-corrected chi connectivity index (χ4v) is 2.70. The summed E-state index contributed by atoms with van der Waals surface area (Å²) in [7, 11) is 0. The molecule has 0 fully saturated rings. The van der Waals surface area contributed by atoms with Crippen LogP contribution in [0.25, 0.3) is 22.3 Å². The van der Waals surface area contributed by atoms with Crippen LogP contribution in [0.4, 0.5) is 4.39 Å². The Morgan fingerprint density at radius 2 is 2.08 bits per heavy atom. The van der Waals surface area contributed by atoms with Crippen molar-refractivity contribution in [3.05, 3.63) is 78.3 Å². The predicted octanol–water partition coefficient (Wildman–Crippen LogP) is 3.32. The van der Waals surface area contributed by atoms with Crippen molar-refractivity contribution < 1.29 is 9.18 Å². The third-order valence-corrected chi connectivity index (χ3v) is 4.02. The van der Waals surface area contributed by atoms with Gasteiger partial charge in [0.25, 0.3) is 5.91 Å². The van der Waals surface area contributed by atoms with Crippen molar-refractivity contribution in [1.29, 1.82) is 0 Å². The molecule has 4 aromatic rings. The van der Waals surface area contributed by atoms with E-state index in [4.69, 9.17) is 0 Å². The first-order chi connectivity index (χ1) is 12.6. The van der Waals surface area contributed by atoms with Gasteiger partial charge in [0.1, 0.15) is 5.82 Å². The van der Waals surface area contributed by atoms with Crippen molar-refractivity contribution in [2.45, 2.75) is 6.92 Å². The molecule has 0 saturated heterocycles. The molecule has 0 aliphatic rings. The first kappa shape index (κ1) is 15.9. The second kappa shape index (κ2) is 6.36. The summed E-state index contributed by atoms with van der Waals surface area (Å²) in [6.45, 7) is 1.72. The molecule has 6 nitrogen and oxygen atoms in total. The lowest BCUT2D eigenvalue weighted by atomic mass is 10.2. The number of pyridine rings is 1. The second-order valence-corrected chi connectivity index (χ2v) is 5.76. The van der Waals surface area contributed by atoms with Crippen molar-refractivity contribution in [2.75, 3.05) is 5.43 Å². The molecule has 7 heteroatoms. The number of benzene rings is 1. The zero-order valence-electron chi connectivity index (χ0n) is 13.8. The van der Waals surface area contributed by atoms with Gasteiger partial charge in [0.05, 0.1) is 23.0 Å². The first-order valence-corrected chi connectivity index (χ1v) is 7.94. The monoisotopic (exact) mass is 347 g/mol. The molecule has 26 heavy (non-hydrogen) atoms. The molecule has 4 rings (SSSR count). The number of hydrogen-bond acceptors (Lipinski definition) is 4. The number of rotatable bonds is 3. The Balaban J connectivity index is 1.62. The molecule has 0 spiro atoms. The number of nitrogens with one attached hydrogen (secondary N) is 1. The maximum absolute atomic E-state index is 13.4. The molecule has 0 atom stereocenters. The molecule has 0 aliphatic carbocycles. The van der Waals surface area contributed by atoms with Gasteiger partial charge in [-0.25, -0.2) is 14.4 Å². The highest BCUT2D eigenvalue weighted by Crippen LogP contribution is 2.18. The van der Waals surface area contributed by atoms with E-state index in [2.05, 4.69) is 20.4 Å². The normalized spacial score (nSPS) is 10.8. The van der Waals surface area contributed by atoms with Gasteiger partial charge >= 0.3 is 0 Å². The van der Waals surface area contributed by atoms with E-state index in [0.29, 0.717) is 22.6 Å². The Morgan fingerprint density at radius 3 is 2.88 bits per heavy atom. The van der Waals surface area contributed by atoms with Crippen LogP contribution in [0, 0.1) is 12.7 Å². The molecule has 128 valence electrons. The highest BCUT2D eigenvalue weighted by atomic mass is 19.1. The summed E-state index contributed by atoms with van der Waals surface area (Å²) in [5.41, 5.74) is 4.98. The number of aryl methyl sites for hydroxylation is 1. The number of carbonyl (C=O) groups excluding carboxylic acids is 1. The Labute approximate surface area is 148 Å². The Kier molecular flexibility index (Phi) is 3.89. The molecule has 0 saturated carbocycles. The minimum Gasteiger partial charge on any atom is -0.267 e. The quantitative estimate of drug-likeness (QED) is 0.617. The van der Waals surface area contributed by atoms with Gasteiger partial charge in [-0.05, 0) is 31.2 Å². The molecular weight excluding hydrogens is 333 g/mol.